The minimum atomic E-state index is -4.07. The summed E-state index contributed by atoms with van der Waals surface area (Å²) in [5.41, 5.74) is 1.89. The van der Waals surface area contributed by atoms with E-state index in [-0.39, 0.29) is 24.2 Å². The van der Waals surface area contributed by atoms with Gasteiger partial charge in [-0.25, -0.2) is 17.9 Å². The first kappa shape index (κ1) is 26.5. The molecule has 11 nitrogen and oxygen atoms in total. The number of aliphatic carboxylic acids is 1. The van der Waals surface area contributed by atoms with Crippen molar-refractivity contribution >= 4 is 44.2 Å². The lowest BCUT2D eigenvalue weighted by molar-refractivity contribution is -0.138. The van der Waals surface area contributed by atoms with Crippen molar-refractivity contribution in [1.29, 1.82) is 0 Å². The molecule has 3 aromatic carbocycles. The lowest BCUT2D eigenvalue weighted by Crippen LogP contribution is -2.46. The first-order valence-corrected chi connectivity index (χ1v) is 13.4. The summed E-state index contributed by atoms with van der Waals surface area (Å²) in [5.74, 6) is -1.81. The Kier molecular flexibility index (Phi) is 7.53. The summed E-state index contributed by atoms with van der Waals surface area (Å²) in [6.45, 7) is 1.74. The molecule has 1 amide bonds. The van der Waals surface area contributed by atoms with E-state index in [1.807, 2.05) is 19.1 Å². The van der Waals surface area contributed by atoms with Crippen LogP contribution in [0.2, 0.25) is 0 Å². The van der Waals surface area contributed by atoms with Gasteiger partial charge in [0.15, 0.2) is 0 Å². The molecule has 0 aliphatic rings. The Hall–Kier alpha value is -4.58. The van der Waals surface area contributed by atoms with Crippen molar-refractivity contribution in [3.8, 4) is 0 Å². The van der Waals surface area contributed by atoms with Gasteiger partial charge in [-0.15, -0.1) is 5.10 Å². The average molecular weight is 536 g/mol. The number of nitrogens with zero attached hydrogens (tertiary/aromatic N) is 4. The van der Waals surface area contributed by atoms with Crippen molar-refractivity contribution in [2.24, 2.45) is 0 Å². The molecule has 196 valence electrons. The molecule has 0 saturated carbocycles. The van der Waals surface area contributed by atoms with Gasteiger partial charge in [-0.2, -0.15) is 0 Å². The molecule has 0 aliphatic carbocycles. The molecule has 0 bridgehead atoms. The van der Waals surface area contributed by atoms with Crippen LogP contribution in [-0.2, 0) is 21.4 Å². The van der Waals surface area contributed by atoms with E-state index in [0.29, 0.717) is 16.6 Å². The van der Waals surface area contributed by atoms with Gasteiger partial charge in [-0.1, -0.05) is 35.0 Å². The maximum Gasteiger partial charge on any atom is 0.327 e. The van der Waals surface area contributed by atoms with E-state index in [4.69, 9.17) is 0 Å². The average Bonchev–Trinajstić information content (AvgIpc) is 2.88. The Morgan fingerprint density at radius 2 is 1.68 bits per heavy atom. The highest BCUT2D eigenvalue weighted by atomic mass is 32.2. The Morgan fingerprint density at radius 3 is 2.32 bits per heavy atom. The molecule has 4 rings (SSSR count). The number of carboxylic acids is 1. The van der Waals surface area contributed by atoms with E-state index < -0.39 is 33.5 Å². The number of aryl methyl sites for hydroxylation is 2. The molecule has 0 saturated heterocycles. The fourth-order valence-electron chi connectivity index (χ4n) is 3.96. The van der Waals surface area contributed by atoms with E-state index in [2.05, 4.69) is 15.6 Å². The van der Waals surface area contributed by atoms with Gasteiger partial charge in [-0.3, -0.25) is 13.9 Å². The van der Waals surface area contributed by atoms with Gasteiger partial charge in [0.1, 0.15) is 11.6 Å². The normalized spacial score (nSPS) is 12.2. The van der Waals surface area contributed by atoms with Crippen LogP contribution in [0.1, 0.15) is 22.3 Å². The van der Waals surface area contributed by atoms with Crippen LogP contribution in [0.15, 0.2) is 77.6 Å². The zero-order valence-corrected chi connectivity index (χ0v) is 21.4. The van der Waals surface area contributed by atoms with Crippen LogP contribution in [-0.4, -0.2) is 52.7 Å². The predicted molar refractivity (Wildman–Crippen MR) is 143 cm³/mol. The van der Waals surface area contributed by atoms with Crippen LogP contribution in [0, 0.1) is 6.92 Å². The summed E-state index contributed by atoms with van der Waals surface area (Å²) in [7, 11) is -4.07. The Morgan fingerprint density at radius 1 is 1.03 bits per heavy atom. The summed E-state index contributed by atoms with van der Waals surface area (Å²) in [4.78, 5) is 37.5. The first-order valence-electron chi connectivity index (χ1n) is 11.6. The molecular weight excluding hydrogens is 510 g/mol. The Bertz CT molecular complexity index is 1650. The molecule has 0 spiro atoms. The second-order valence-electron chi connectivity index (χ2n) is 8.70. The van der Waals surface area contributed by atoms with E-state index in [0.717, 1.165) is 20.8 Å². The van der Waals surface area contributed by atoms with Crippen LogP contribution < -0.4 is 15.2 Å². The fourth-order valence-corrected chi connectivity index (χ4v) is 5.12. The fraction of sp³-hybridized carbons (Fsp3) is 0.192. The number of carbonyl (C=O) groups excluding carboxylic acids is 1. The minimum Gasteiger partial charge on any atom is -0.480 e. The van der Waals surface area contributed by atoms with Gasteiger partial charge in [0, 0.05) is 17.8 Å². The zero-order chi connectivity index (χ0) is 27.4. The monoisotopic (exact) mass is 535 g/mol. The molecule has 0 fully saturated rings. The largest absolute Gasteiger partial charge is 0.480 e. The second kappa shape index (κ2) is 10.8. The molecule has 0 aliphatic heterocycles. The SMILES string of the molecule is Cc1ccc(NC(=O)c2ccc(N(C(CCn3nnc4ccccc4c3=O)C(=O)O)S(C)(=O)=O)cc2)cc1. The summed E-state index contributed by atoms with van der Waals surface area (Å²) in [5, 5.41) is 20.8. The number of carbonyl (C=O) groups is 2. The van der Waals surface area contributed by atoms with Crippen molar-refractivity contribution in [2.45, 2.75) is 25.9 Å². The highest BCUT2D eigenvalue weighted by Crippen LogP contribution is 2.24. The number of hydrogen-bond donors (Lipinski definition) is 2. The van der Waals surface area contributed by atoms with Crippen molar-refractivity contribution in [3.05, 3.63) is 94.3 Å². The highest BCUT2D eigenvalue weighted by Gasteiger charge is 2.33. The van der Waals surface area contributed by atoms with Crippen molar-refractivity contribution in [1.82, 2.24) is 15.0 Å². The van der Waals surface area contributed by atoms with Crippen LogP contribution in [0.3, 0.4) is 0 Å². The van der Waals surface area contributed by atoms with Crippen molar-refractivity contribution in [3.63, 3.8) is 0 Å². The summed E-state index contributed by atoms with van der Waals surface area (Å²) < 4.78 is 27.2. The topological polar surface area (TPSA) is 152 Å². The number of carboxylic acid groups (broad SMARTS) is 1. The molecule has 1 aromatic heterocycles. The molecule has 12 heteroatoms. The number of aromatic nitrogens is 3. The molecule has 1 heterocycles. The number of anilines is 2. The maximum atomic E-state index is 12.7. The van der Waals surface area contributed by atoms with Gasteiger partial charge in [0.25, 0.3) is 11.5 Å². The molecule has 38 heavy (non-hydrogen) atoms. The van der Waals surface area contributed by atoms with Gasteiger partial charge >= 0.3 is 5.97 Å². The summed E-state index contributed by atoms with van der Waals surface area (Å²) in [6.07, 6.45) is 0.633. The van der Waals surface area contributed by atoms with E-state index >= 15 is 0 Å². The summed E-state index contributed by atoms with van der Waals surface area (Å²) >= 11 is 0. The van der Waals surface area contributed by atoms with Crippen molar-refractivity contribution in [2.75, 3.05) is 15.9 Å². The number of hydrogen-bond acceptors (Lipinski definition) is 7. The van der Waals surface area contributed by atoms with Gasteiger partial charge in [-0.05, 0) is 61.9 Å². The van der Waals surface area contributed by atoms with Crippen LogP contribution in [0.5, 0.6) is 0 Å². The molecule has 1 atom stereocenters. The number of rotatable bonds is 9. The number of sulfonamides is 1. The number of amides is 1. The van der Waals surface area contributed by atoms with Gasteiger partial charge in [0.2, 0.25) is 10.0 Å². The van der Waals surface area contributed by atoms with Crippen LogP contribution >= 0.6 is 0 Å². The Balaban J connectivity index is 1.57. The lowest BCUT2D eigenvalue weighted by Gasteiger charge is -2.29. The first-order chi connectivity index (χ1) is 18.0. The molecule has 1 unspecified atom stereocenters. The standard InChI is InChI=1S/C26H25N5O6S/c1-17-7-11-19(12-8-17)27-24(32)18-9-13-20(14-10-18)31(38(2,36)37)23(26(34)35)15-16-30-25(33)21-5-3-4-6-22(21)28-29-30/h3-14,23H,15-16H2,1-2H3,(H,27,32)(H,34,35). The van der Waals surface area contributed by atoms with E-state index in [1.54, 1.807) is 36.4 Å². The maximum absolute atomic E-state index is 12.7. The van der Waals surface area contributed by atoms with Gasteiger partial charge in [0.05, 0.1) is 17.3 Å². The van der Waals surface area contributed by atoms with E-state index in [1.165, 1.54) is 24.3 Å². The third kappa shape index (κ3) is 5.86. The van der Waals surface area contributed by atoms with Crippen LogP contribution in [0.25, 0.3) is 10.9 Å². The smallest absolute Gasteiger partial charge is 0.327 e. The predicted octanol–water partition coefficient (Wildman–Crippen LogP) is 2.66. The molecule has 4 aromatic rings. The summed E-state index contributed by atoms with van der Waals surface area (Å²) in [6, 6.07) is 17.8. The Labute approximate surface area is 218 Å². The second-order valence-corrected chi connectivity index (χ2v) is 10.6. The number of benzene rings is 3. The minimum absolute atomic E-state index is 0.0590. The number of fused-ring (bicyclic) bond motifs is 1. The molecule has 0 radical (unpaired) electrons. The highest BCUT2D eigenvalue weighted by molar-refractivity contribution is 7.92. The third-order valence-corrected chi connectivity index (χ3v) is 7.04. The zero-order valence-electron chi connectivity index (χ0n) is 20.6. The van der Waals surface area contributed by atoms with Gasteiger partial charge < -0.3 is 10.4 Å². The molecule has 2 N–H and O–H groups in total. The number of nitrogens with one attached hydrogen (secondary N) is 1. The lowest BCUT2D eigenvalue weighted by atomic mass is 10.1. The quantitative estimate of drug-likeness (QED) is 0.332. The third-order valence-electron chi connectivity index (χ3n) is 5.86. The van der Waals surface area contributed by atoms with Crippen LogP contribution in [0.4, 0.5) is 11.4 Å². The molecular formula is C26H25N5O6S. The van der Waals surface area contributed by atoms with E-state index in [9.17, 15) is 27.9 Å². The van der Waals surface area contributed by atoms with Crippen molar-refractivity contribution < 1.29 is 23.1 Å².